The zero-order valence-corrected chi connectivity index (χ0v) is 15.5. The van der Waals surface area contributed by atoms with Crippen LogP contribution in [0.4, 0.5) is 5.82 Å². The van der Waals surface area contributed by atoms with Gasteiger partial charge in [-0.05, 0) is 37.5 Å². The molecule has 0 spiro atoms. The van der Waals surface area contributed by atoms with Crippen LogP contribution in [0.3, 0.4) is 0 Å². The van der Waals surface area contributed by atoms with E-state index in [1.165, 1.54) is 5.56 Å². The third-order valence-corrected chi connectivity index (χ3v) is 4.98. The van der Waals surface area contributed by atoms with E-state index in [9.17, 15) is 0 Å². The summed E-state index contributed by atoms with van der Waals surface area (Å²) in [5, 5.41) is 0. The first-order chi connectivity index (χ1) is 12.6. The van der Waals surface area contributed by atoms with Crippen molar-refractivity contribution in [3.8, 4) is 5.75 Å². The van der Waals surface area contributed by atoms with E-state index in [0.717, 1.165) is 47.9 Å². The van der Waals surface area contributed by atoms with Crippen molar-refractivity contribution in [2.45, 2.75) is 31.9 Å². The van der Waals surface area contributed by atoms with Gasteiger partial charge in [0.1, 0.15) is 23.5 Å². The highest BCUT2D eigenvalue weighted by molar-refractivity contribution is 6.14. The third-order valence-electron chi connectivity index (χ3n) is 4.98. The summed E-state index contributed by atoms with van der Waals surface area (Å²) in [4.78, 5) is 15.6. The molecule has 1 aliphatic carbocycles. The van der Waals surface area contributed by atoms with Crippen molar-refractivity contribution < 1.29 is 9.47 Å². The molecule has 0 radical (unpaired) electrons. The number of aliphatic imine (C=N–C) groups is 1. The van der Waals surface area contributed by atoms with Crippen LogP contribution in [0.2, 0.25) is 0 Å². The Bertz CT molecular complexity index is 845. The van der Waals surface area contributed by atoms with E-state index in [0.29, 0.717) is 13.2 Å². The van der Waals surface area contributed by atoms with Crippen LogP contribution < -0.4 is 9.64 Å². The molecule has 1 saturated carbocycles. The van der Waals surface area contributed by atoms with Crippen LogP contribution >= 0.6 is 0 Å². The third kappa shape index (κ3) is 3.42. The second-order valence-corrected chi connectivity index (χ2v) is 7.21. The number of nitrogens with zero attached hydrogens (tertiary/aromatic N) is 4. The lowest BCUT2D eigenvalue weighted by atomic mass is 10.0. The lowest BCUT2D eigenvalue weighted by molar-refractivity contribution is 0.200. The normalized spacial score (nSPS) is 16.8. The fourth-order valence-electron chi connectivity index (χ4n) is 3.04. The number of benzene rings is 1. The Morgan fingerprint density at radius 1 is 1.19 bits per heavy atom. The number of methoxy groups -OCH3 is 1. The van der Waals surface area contributed by atoms with E-state index in [-0.39, 0.29) is 5.60 Å². The Kier molecular flexibility index (Phi) is 4.36. The molecule has 2 aromatic rings. The van der Waals surface area contributed by atoms with E-state index in [4.69, 9.17) is 14.5 Å². The average Bonchev–Trinajstić information content (AvgIpc) is 3.22. The largest absolute Gasteiger partial charge is 0.488 e. The highest BCUT2D eigenvalue weighted by Crippen LogP contribution is 2.40. The van der Waals surface area contributed by atoms with Crippen LogP contribution in [0.1, 0.15) is 36.6 Å². The Morgan fingerprint density at radius 2 is 2.04 bits per heavy atom. The first kappa shape index (κ1) is 17.0. The van der Waals surface area contributed by atoms with Gasteiger partial charge in [0, 0.05) is 32.3 Å². The summed E-state index contributed by atoms with van der Waals surface area (Å²) in [6, 6.07) is 8.24. The number of rotatable bonds is 7. The summed E-state index contributed by atoms with van der Waals surface area (Å²) in [7, 11) is 3.70. The molecule has 2 heterocycles. The van der Waals surface area contributed by atoms with Gasteiger partial charge in [-0.25, -0.2) is 9.97 Å². The van der Waals surface area contributed by atoms with E-state index < -0.39 is 0 Å². The van der Waals surface area contributed by atoms with E-state index >= 15 is 0 Å². The fourth-order valence-corrected chi connectivity index (χ4v) is 3.04. The van der Waals surface area contributed by atoms with Crippen LogP contribution in [0, 0.1) is 0 Å². The second-order valence-electron chi connectivity index (χ2n) is 7.21. The topological polar surface area (TPSA) is 59.8 Å². The summed E-state index contributed by atoms with van der Waals surface area (Å²) >= 11 is 0. The van der Waals surface area contributed by atoms with Gasteiger partial charge in [-0.2, -0.15) is 0 Å². The molecular weight excluding hydrogens is 328 g/mol. The van der Waals surface area contributed by atoms with Crippen LogP contribution in [-0.2, 0) is 11.3 Å². The van der Waals surface area contributed by atoms with Crippen LogP contribution in [-0.4, -0.2) is 48.6 Å². The maximum atomic E-state index is 6.12. The number of likely N-dealkylation sites (N-methyl/N-ethyl adjacent to an activating group) is 1. The summed E-state index contributed by atoms with van der Waals surface area (Å²) in [6.45, 7) is 4.26. The second kappa shape index (κ2) is 6.68. The highest BCUT2D eigenvalue weighted by Gasteiger charge is 2.40. The average molecular weight is 352 g/mol. The number of hydrogen-bond acceptors (Lipinski definition) is 6. The quantitative estimate of drug-likeness (QED) is 0.767. The molecule has 0 bridgehead atoms. The summed E-state index contributed by atoms with van der Waals surface area (Å²) in [5.74, 6) is 1.77. The maximum absolute atomic E-state index is 6.12. The van der Waals surface area contributed by atoms with E-state index in [2.05, 4.69) is 33.9 Å². The molecule has 2 aliphatic rings. The molecule has 0 unspecified atom stereocenters. The van der Waals surface area contributed by atoms with Crippen molar-refractivity contribution in [1.29, 1.82) is 0 Å². The predicted molar refractivity (Wildman–Crippen MR) is 101 cm³/mol. The molecule has 6 heteroatoms. The van der Waals surface area contributed by atoms with Crippen molar-refractivity contribution in [2.24, 2.45) is 4.99 Å². The molecule has 1 aromatic carbocycles. The van der Waals surface area contributed by atoms with Crippen LogP contribution in [0.5, 0.6) is 5.75 Å². The van der Waals surface area contributed by atoms with Gasteiger partial charge in [-0.15, -0.1) is 0 Å². The van der Waals surface area contributed by atoms with Crippen LogP contribution in [0.15, 0.2) is 35.6 Å². The highest BCUT2D eigenvalue weighted by atomic mass is 16.5. The van der Waals surface area contributed by atoms with Gasteiger partial charge < -0.3 is 14.4 Å². The standard InChI is InChI=1S/C20H24N4O2/c1-20(6-7-20)26-15-5-4-14-12-21-19(16(14)10-15)17-11-18(23-13-22-17)24(2)8-9-25-3/h4-5,10-11,13H,6-9,12H2,1-3H3. The Balaban J connectivity index is 1.59. The molecule has 4 rings (SSSR count). The number of fused-ring (bicyclic) bond motifs is 1. The van der Waals surface area contributed by atoms with Gasteiger partial charge >= 0.3 is 0 Å². The number of anilines is 1. The molecule has 136 valence electrons. The minimum atomic E-state index is 0.0102. The number of ether oxygens (including phenoxy) is 2. The summed E-state index contributed by atoms with van der Waals surface area (Å²) in [6.07, 6.45) is 3.84. The Hall–Kier alpha value is -2.47. The van der Waals surface area contributed by atoms with Crippen molar-refractivity contribution in [3.05, 3.63) is 47.4 Å². The summed E-state index contributed by atoms with van der Waals surface area (Å²) in [5.41, 5.74) is 4.08. The molecule has 0 saturated heterocycles. The molecule has 1 aliphatic heterocycles. The molecular formula is C20H24N4O2. The van der Waals surface area contributed by atoms with Gasteiger partial charge in [-0.3, -0.25) is 4.99 Å². The monoisotopic (exact) mass is 352 g/mol. The fraction of sp³-hybridized carbons (Fsp3) is 0.450. The zero-order chi connectivity index (χ0) is 18.1. The number of hydrogen-bond donors (Lipinski definition) is 0. The van der Waals surface area contributed by atoms with Gasteiger partial charge in [0.05, 0.1) is 24.6 Å². The van der Waals surface area contributed by atoms with Gasteiger partial charge in [0.2, 0.25) is 0 Å². The maximum Gasteiger partial charge on any atom is 0.132 e. The van der Waals surface area contributed by atoms with Gasteiger partial charge in [-0.1, -0.05) is 6.07 Å². The Morgan fingerprint density at radius 3 is 2.81 bits per heavy atom. The summed E-state index contributed by atoms with van der Waals surface area (Å²) < 4.78 is 11.3. The Labute approximate surface area is 153 Å². The minimum Gasteiger partial charge on any atom is -0.488 e. The smallest absolute Gasteiger partial charge is 0.132 e. The minimum absolute atomic E-state index is 0.0102. The SMILES string of the molecule is COCCN(C)c1cc(C2=NCc3ccc(OC4(C)CC4)cc32)ncn1. The van der Waals surface area contributed by atoms with Crippen molar-refractivity contribution in [2.75, 3.05) is 32.2 Å². The van der Waals surface area contributed by atoms with Crippen molar-refractivity contribution in [1.82, 2.24) is 9.97 Å². The molecule has 0 atom stereocenters. The molecule has 1 aromatic heterocycles. The first-order valence-electron chi connectivity index (χ1n) is 8.97. The predicted octanol–water partition coefficient (Wildman–Crippen LogP) is 2.84. The molecule has 0 N–H and O–H groups in total. The molecule has 26 heavy (non-hydrogen) atoms. The zero-order valence-electron chi connectivity index (χ0n) is 15.5. The van der Waals surface area contributed by atoms with E-state index in [1.54, 1.807) is 13.4 Å². The van der Waals surface area contributed by atoms with Crippen LogP contribution in [0.25, 0.3) is 0 Å². The van der Waals surface area contributed by atoms with Crippen molar-refractivity contribution in [3.63, 3.8) is 0 Å². The van der Waals surface area contributed by atoms with Crippen molar-refractivity contribution >= 4 is 11.5 Å². The van der Waals surface area contributed by atoms with E-state index in [1.807, 2.05) is 19.2 Å². The van der Waals surface area contributed by atoms with Gasteiger partial charge in [0.25, 0.3) is 0 Å². The molecule has 0 amide bonds. The lowest BCUT2D eigenvalue weighted by Crippen LogP contribution is -2.23. The van der Waals surface area contributed by atoms with Gasteiger partial charge in [0.15, 0.2) is 0 Å². The lowest BCUT2D eigenvalue weighted by Gasteiger charge is -2.18. The number of aromatic nitrogens is 2. The first-order valence-corrected chi connectivity index (χ1v) is 8.97. The molecule has 6 nitrogen and oxygen atoms in total. The molecule has 1 fully saturated rings.